The molecule has 2 aromatic heterocycles. The maximum atomic E-state index is 9.35. The average molecular weight is 209 g/mol. The Kier molecular flexibility index (Phi) is 2.46. The Labute approximate surface area is 85.5 Å². The Morgan fingerprint density at radius 2 is 2.27 bits per heavy atom. The fourth-order valence-corrected chi connectivity index (χ4v) is 1.04. The van der Waals surface area contributed by atoms with E-state index in [0.717, 1.165) is 0 Å². The molecule has 2 N–H and O–H groups in total. The Balaban J connectivity index is 2.25. The molecule has 0 aliphatic heterocycles. The molecule has 0 bridgehead atoms. The molecule has 2 rings (SSSR count). The lowest BCUT2D eigenvalue weighted by Crippen LogP contribution is -2.11. The molecule has 0 fully saturated rings. The van der Waals surface area contributed by atoms with E-state index in [-0.39, 0.29) is 5.92 Å². The van der Waals surface area contributed by atoms with Gasteiger partial charge >= 0.3 is 0 Å². The van der Waals surface area contributed by atoms with Gasteiger partial charge in [-0.15, -0.1) is 0 Å². The third kappa shape index (κ3) is 1.86. The number of aliphatic hydroxyl groups is 1. The van der Waals surface area contributed by atoms with E-state index < -0.39 is 6.10 Å². The molecular weight excluding hydrogens is 198 g/mol. The minimum absolute atomic E-state index is 0.200. The van der Waals surface area contributed by atoms with Crippen LogP contribution in [0.5, 0.6) is 0 Å². The maximum absolute atomic E-state index is 9.35. The number of hydrogen-bond acceptors (Lipinski definition) is 6. The Morgan fingerprint density at radius 1 is 1.47 bits per heavy atom. The summed E-state index contributed by atoms with van der Waals surface area (Å²) in [6, 6.07) is 0. The fourth-order valence-electron chi connectivity index (χ4n) is 1.04. The van der Waals surface area contributed by atoms with E-state index in [0.29, 0.717) is 17.5 Å². The van der Waals surface area contributed by atoms with Crippen LogP contribution < -0.4 is 0 Å². The van der Waals surface area contributed by atoms with E-state index in [1.54, 1.807) is 6.92 Å². The van der Waals surface area contributed by atoms with Crippen LogP contribution in [0.15, 0.2) is 10.9 Å². The van der Waals surface area contributed by atoms with Crippen molar-refractivity contribution in [1.29, 1.82) is 0 Å². The second kappa shape index (κ2) is 3.77. The van der Waals surface area contributed by atoms with Crippen molar-refractivity contribution in [3.63, 3.8) is 0 Å². The molecule has 2 unspecified atom stereocenters. The Bertz CT molecular complexity index is 422. The summed E-state index contributed by atoms with van der Waals surface area (Å²) < 4.78 is 5.00. The van der Waals surface area contributed by atoms with Crippen molar-refractivity contribution in [2.75, 3.05) is 0 Å². The number of aromatic amines is 1. The van der Waals surface area contributed by atoms with E-state index in [2.05, 4.69) is 25.3 Å². The molecule has 80 valence electrons. The molecule has 15 heavy (non-hydrogen) atoms. The smallest absolute Gasteiger partial charge is 0.239 e. The van der Waals surface area contributed by atoms with E-state index in [1.807, 2.05) is 6.92 Å². The van der Waals surface area contributed by atoms with Gasteiger partial charge in [0.15, 0.2) is 5.82 Å². The lowest BCUT2D eigenvalue weighted by Gasteiger charge is -2.07. The molecule has 7 heteroatoms. The molecule has 7 nitrogen and oxygen atoms in total. The van der Waals surface area contributed by atoms with Gasteiger partial charge in [0.25, 0.3) is 0 Å². The first-order valence-corrected chi connectivity index (χ1v) is 4.56. The van der Waals surface area contributed by atoms with E-state index in [1.165, 1.54) is 6.33 Å². The SMILES string of the molecule is CC(O)C(C)c1nc(-c2ncn[nH]2)no1. The van der Waals surface area contributed by atoms with E-state index >= 15 is 0 Å². The van der Waals surface area contributed by atoms with Gasteiger partial charge in [0.1, 0.15) is 6.33 Å². The topological polar surface area (TPSA) is 101 Å². The quantitative estimate of drug-likeness (QED) is 0.755. The lowest BCUT2D eigenvalue weighted by atomic mass is 10.1. The van der Waals surface area contributed by atoms with Crippen LogP contribution in [0.25, 0.3) is 11.6 Å². The highest BCUT2D eigenvalue weighted by Crippen LogP contribution is 2.19. The third-order valence-corrected chi connectivity index (χ3v) is 2.18. The Hall–Kier alpha value is -1.76. The van der Waals surface area contributed by atoms with Crippen LogP contribution in [-0.2, 0) is 0 Å². The van der Waals surface area contributed by atoms with Gasteiger partial charge in [0.2, 0.25) is 11.7 Å². The van der Waals surface area contributed by atoms with Crippen molar-refractivity contribution < 1.29 is 9.63 Å². The molecule has 2 aromatic rings. The van der Waals surface area contributed by atoms with Gasteiger partial charge in [-0.3, -0.25) is 5.10 Å². The highest BCUT2D eigenvalue weighted by Gasteiger charge is 2.20. The number of nitrogens with one attached hydrogen (secondary N) is 1. The predicted molar refractivity (Wildman–Crippen MR) is 49.8 cm³/mol. The van der Waals surface area contributed by atoms with Crippen LogP contribution in [0.2, 0.25) is 0 Å². The van der Waals surface area contributed by atoms with Crippen molar-refractivity contribution in [3.8, 4) is 11.6 Å². The van der Waals surface area contributed by atoms with Gasteiger partial charge in [-0.2, -0.15) is 10.1 Å². The monoisotopic (exact) mass is 209 g/mol. The highest BCUT2D eigenvalue weighted by atomic mass is 16.5. The maximum Gasteiger partial charge on any atom is 0.239 e. The number of rotatable bonds is 3. The van der Waals surface area contributed by atoms with Gasteiger partial charge in [0, 0.05) is 0 Å². The number of nitrogens with zero attached hydrogens (tertiary/aromatic N) is 4. The fraction of sp³-hybridized carbons (Fsp3) is 0.500. The van der Waals surface area contributed by atoms with Crippen molar-refractivity contribution in [2.45, 2.75) is 25.9 Å². The first-order chi connectivity index (χ1) is 7.18. The van der Waals surface area contributed by atoms with Gasteiger partial charge in [-0.1, -0.05) is 12.1 Å². The van der Waals surface area contributed by atoms with Gasteiger partial charge in [-0.25, -0.2) is 4.98 Å². The van der Waals surface area contributed by atoms with Gasteiger partial charge in [-0.05, 0) is 6.92 Å². The van der Waals surface area contributed by atoms with Crippen LogP contribution in [0.1, 0.15) is 25.7 Å². The molecule has 0 aliphatic carbocycles. The van der Waals surface area contributed by atoms with Crippen molar-refractivity contribution in [3.05, 3.63) is 12.2 Å². The summed E-state index contributed by atoms with van der Waals surface area (Å²) in [6.07, 6.45) is 0.830. The second-order valence-corrected chi connectivity index (χ2v) is 3.32. The molecule has 0 radical (unpaired) electrons. The first kappa shape index (κ1) is 9.78. The third-order valence-electron chi connectivity index (χ3n) is 2.18. The normalized spacial score (nSPS) is 15.1. The average Bonchev–Trinajstić information content (AvgIpc) is 2.86. The summed E-state index contributed by atoms with van der Waals surface area (Å²) in [5, 5.41) is 19.4. The predicted octanol–water partition coefficient (Wildman–Crippen LogP) is 0.339. The minimum Gasteiger partial charge on any atom is -0.393 e. The molecule has 0 aliphatic rings. The van der Waals surface area contributed by atoms with Crippen molar-refractivity contribution in [1.82, 2.24) is 25.3 Å². The summed E-state index contributed by atoms with van der Waals surface area (Å²) in [5.41, 5.74) is 0. The molecule has 2 heterocycles. The number of aliphatic hydroxyl groups excluding tert-OH is 1. The van der Waals surface area contributed by atoms with E-state index in [4.69, 9.17) is 4.52 Å². The van der Waals surface area contributed by atoms with Crippen LogP contribution in [0.4, 0.5) is 0 Å². The molecule has 2 atom stereocenters. The molecule has 0 aromatic carbocycles. The largest absolute Gasteiger partial charge is 0.393 e. The first-order valence-electron chi connectivity index (χ1n) is 4.56. The minimum atomic E-state index is -0.534. The second-order valence-electron chi connectivity index (χ2n) is 3.32. The molecular formula is C8H11N5O2. The van der Waals surface area contributed by atoms with Crippen molar-refractivity contribution in [2.24, 2.45) is 0 Å². The van der Waals surface area contributed by atoms with Crippen LogP contribution in [0, 0.1) is 0 Å². The zero-order valence-electron chi connectivity index (χ0n) is 8.38. The summed E-state index contributed by atoms with van der Waals surface area (Å²) in [6.45, 7) is 3.48. The van der Waals surface area contributed by atoms with Gasteiger partial charge in [0.05, 0.1) is 12.0 Å². The zero-order chi connectivity index (χ0) is 10.8. The summed E-state index contributed by atoms with van der Waals surface area (Å²) in [4.78, 5) is 7.99. The zero-order valence-corrected chi connectivity index (χ0v) is 8.38. The molecule has 0 spiro atoms. The highest BCUT2D eigenvalue weighted by molar-refractivity contribution is 5.39. The summed E-state index contributed by atoms with van der Waals surface area (Å²) >= 11 is 0. The van der Waals surface area contributed by atoms with Crippen molar-refractivity contribution >= 4 is 0 Å². The number of aromatic nitrogens is 5. The molecule has 0 saturated carbocycles. The standard InChI is InChI=1S/C8H11N5O2/c1-4(5(2)14)8-11-7(13-15-8)6-9-3-10-12-6/h3-5,14H,1-2H3,(H,9,10,12). The summed E-state index contributed by atoms with van der Waals surface area (Å²) in [5.74, 6) is 0.975. The van der Waals surface area contributed by atoms with Gasteiger partial charge < -0.3 is 9.63 Å². The van der Waals surface area contributed by atoms with Crippen LogP contribution >= 0.6 is 0 Å². The summed E-state index contributed by atoms with van der Waals surface area (Å²) in [7, 11) is 0. The lowest BCUT2D eigenvalue weighted by molar-refractivity contribution is 0.151. The molecule has 0 saturated heterocycles. The van der Waals surface area contributed by atoms with E-state index in [9.17, 15) is 5.11 Å². The number of hydrogen-bond donors (Lipinski definition) is 2. The Morgan fingerprint density at radius 3 is 2.87 bits per heavy atom. The van der Waals surface area contributed by atoms with Crippen LogP contribution in [0.3, 0.4) is 0 Å². The van der Waals surface area contributed by atoms with Crippen LogP contribution in [-0.4, -0.2) is 36.5 Å². The molecule has 0 amide bonds. The number of H-pyrrole nitrogens is 1.